The molecular formula is C25H27N3O4S2. The fourth-order valence-electron chi connectivity index (χ4n) is 3.26. The van der Waals surface area contributed by atoms with Gasteiger partial charge in [0.15, 0.2) is 11.7 Å². The number of thiocarbonyl (C=S) groups is 1. The number of aryl methyl sites for hydroxylation is 3. The van der Waals surface area contributed by atoms with Crippen molar-refractivity contribution >= 4 is 44.6 Å². The first-order chi connectivity index (χ1) is 16.1. The van der Waals surface area contributed by atoms with E-state index in [0.717, 1.165) is 17.5 Å². The van der Waals surface area contributed by atoms with Crippen molar-refractivity contribution in [2.75, 3.05) is 16.6 Å². The lowest BCUT2D eigenvalue weighted by Crippen LogP contribution is -2.37. The molecule has 3 aromatic rings. The number of nitrogens with one attached hydrogen (secondary N) is 3. The van der Waals surface area contributed by atoms with Gasteiger partial charge in [-0.25, -0.2) is 8.42 Å². The number of anilines is 2. The molecule has 0 saturated carbocycles. The summed E-state index contributed by atoms with van der Waals surface area (Å²) in [7, 11) is -3.75. The maximum absolute atomic E-state index is 12.7. The van der Waals surface area contributed by atoms with Crippen LogP contribution in [0.2, 0.25) is 0 Å². The average molecular weight is 498 g/mol. The third-order valence-corrected chi connectivity index (χ3v) is 6.45. The largest absolute Gasteiger partial charge is 0.484 e. The summed E-state index contributed by atoms with van der Waals surface area (Å²) in [4.78, 5) is 12.2. The normalized spacial score (nSPS) is 10.9. The van der Waals surface area contributed by atoms with E-state index < -0.39 is 15.9 Å². The molecule has 0 spiro atoms. The molecule has 9 heteroatoms. The van der Waals surface area contributed by atoms with Gasteiger partial charge >= 0.3 is 0 Å². The molecular weight excluding hydrogens is 470 g/mol. The van der Waals surface area contributed by atoms with E-state index >= 15 is 0 Å². The monoisotopic (exact) mass is 497 g/mol. The molecule has 0 aliphatic rings. The molecule has 0 bridgehead atoms. The molecule has 3 aromatic carbocycles. The second-order valence-corrected chi connectivity index (χ2v) is 9.89. The molecule has 1 amide bonds. The maximum Gasteiger partial charge on any atom is 0.264 e. The summed E-state index contributed by atoms with van der Waals surface area (Å²) >= 11 is 5.16. The molecule has 0 radical (unpaired) electrons. The van der Waals surface area contributed by atoms with Crippen molar-refractivity contribution in [1.82, 2.24) is 5.32 Å². The highest BCUT2D eigenvalue weighted by molar-refractivity contribution is 7.92. The predicted molar refractivity (Wildman–Crippen MR) is 139 cm³/mol. The summed E-state index contributed by atoms with van der Waals surface area (Å²) in [6, 6.07) is 19.1. The van der Waals surface area contributed by atoms with E-state index in [-0.39, 0.29) is 16.6 Å². The van der Waals surface area contributed by atoms with Crippen LogP contribution in [0.5, 0.6) is 5.75 Å². The molecule has 0 aliphatic heterocycles. The van der Waals surface area contributed by atoms with Gasteiger partial charge in [-0.1, -0.05) is 25.1 Å². The van der Waals surface area contributed by atoms with E-state index in [1.165, 1.54) is 17.7 Å². The molecule has 0 saturated heterocycles. The SMILES string of the molecule is CCc1ccc(OCC(=O)NC(=S)Nc2ccc(S(=O)(=O)Nc3cc(C)cc(C)c3)cc2)cc1. The Morgan fingerprint density at radius 1 is 0.912 bits per heavy atom. The van der Waals surface area contributed by atoms with Crippen molar-refractivity contribution in [2.45, 2.75) is 32.1 Å². The summed E-state index contributed by atoms with van der Waals surface area (Å²) in [6.07, 6.45) is 0.927. The fraction of sp³-hybridized carbons (Fsp3) is 0.200. The van der Waals surface area contributed by atoms with E-state index in [4.69, 9.17) is 17.0 Å². The lowest BCUT2D eigenvalue weighted by Gasteiger charge is -2.12. The first-order valence-electron chi connectivity index (χ1n) is 10.7. The van der Waals surface area contributed by atoms with Crippen molar-refractivity contribution in [3.8, 4) is 5.75 Å². The van der Waals surface area contributed by atoms with Gasteiger partial charge in [-0.2, -0.15) is 0 Å². The quantitative estimate of drug-likeness (QED) is 0.395. The van der Waals surface area contributed by atoms with Crippen molar-refractivity contribution in [3.05, 3.63) is 83.4 Å². The second-order valence-electron chi connectivity index (χ2n) is 7.79. The number of carbonyl (C=O) groups is 1. The van der Waals surface area contributed by atoms with Crippen LogP contribution in [0.25, 0.3) is 0 Å². The third kappa shape index (κ3) is 7.29. The molecule has 0 unspecified atom stereocenters. The lowest BCUT2D eigenvalue weighted by molar-refractivity contribution is -0.121. The molecule has 0 heterocycles. The van der Waals surface area contributed by atoms with Gasteiger partial charge in [0, 0.05) is 11.4 Å². The summed E-state index contributed by atoms with van der Waals surface area (Å²) in [5, 5.41) is 5.48. The Balaban J connectivity index is 1.52. The van der Waals surface area contributed by atoms with Crippen LogP contribution in [0.4, 0.5) is 11.4 Å². The van der Waals surface area contributed by atoms with E-state index in [9.17, 15) is 13.2 Å². The Morgan fingerprint density at radius 2 is 1.53 bits per heavy atom. The minimum Gasteiger partial charge on any atom is -0.484 e. The first kappa shape index (κ1) is 25.2. The van der Waals surface area contributed by atoms with Crippen molar-refractivity contribution in [3.63, 3.8) is 0 Å². The minimum absolute atomic E-state index is 0.0823. The molecule has 3 rings (SSSR count). The number of rotatable bonds is 8. The molecule has 3 N–H and O–H groups in total. The highest BCUT2D eigenvalue weighted by Crippen LogP contribution is 2.20. The summed E-state index contributed by atoms with van der Waals surface area (Å²) < 4.78 is 33.5. The zero-order valence-corrected chi connectivity index (χ0v) is 20.8. The number of amides is 1. The Bertz CT molecular complexity index is 1250. The Morgan fingerprint density at radius 3 is 2.12 bits per heavy atom. The Labute approximate surface area is 205 Å². The van der Waals surface area contributed by atoms with Gasteiger partial charge in [0.05, 0.1) is 4.90 Å². The Kier molecular flexibility index (Phi) is 8.25. The number of benzene rings is 3. The van der Waals surface area contributed by atoms with Crippen LogP contribution >= 0.6 is 12.2 Å². The summed E-state index contributed by atoms with van der Waals surface area (Å²) in [5.74, 6) is 0.186. The molecule has 7 nitrogen and oxygen atoms in total. The fourth-order valence-corrected chi connectivity index (χ4v) is 4.53. The van der Waals surface area contributed by atoms with Gasteiger partial charge in [-0.05, 0) is 97.7 Å². The molecule has 178 valence electrons. The van der Waals surface area contributed by atoms with Crippen LogP contribution in [0.15, 0.2) is 71.6 Å². The zero-order valence-electron chi connectivity index (χ0n) is 19.2. The van der Waals surface area contributed by atoms with E-state index in [2.05, 4.69) is 22.3 Å². The highest BCUT2D eigenvalue weighted by atomic mass is 32.2. The molecule has 0 atom stereocenters. The van der Waals surface area contributed by atoms with Crippen LogP contribution in [0, 0.1) is 13.8 Å². The smallest absolute Gasteiger partial charge is 0.264 e. The Hall–Kier alpha value is -3.43. The van der Waals surface area contributed by atoms with E-state index in [1.54, 1.807) is 24.3 Å². The number of ether oxygens (including phenoxy) is 1. The number of hydrogen-bond acceptors (Lipinski definition) is 5. The van der Waals surface area contributed by atoms with Gasteiger partial charge in [0.25, 0.3) is 15.9 Å². The standard InChI is InChI=1S/C25H27N3O4S2/c1-4-19-5-9-22(10-6-19)32-16-24(29)27-25(33)26-20-7-11-23(12-8-20)34(30,31)28-21-14-17(2)13-18(3)15-21/h5-15,28H,4,16H2,1-3H3,(H2,26,27,29,33). The molecule has 0 aromatic heterocycles. The third-order valence-electron chi connectivity index (χ3n) is 4.85. The highest BCUT2D eigenvalue weighted by Gasteiger charge is 2.15. The van der Waals surface area contributed by atoms with Crippen LogP contribution in [-0.2, 0) is 21.2 Å². The lowest BCUT2D eigenvalue weighted by atomic mass is 10.1. The van der Waals surface area contributed by atoms with Gasteiger partial charge < -0.3 is 10.1 Å². The topological polar surface area (TPSA) is 96.5 Å². The van der Waals surface area contributed by atoms with Gasteiger partial charge in [-0.3, -0.25) is 14.8 Å². The second kappa shape index (κ2) is 11.1. The molecule has 0 fully saturated rings. The minimum atomic E-state index is -3.75. The summed E-state index contributed by atoms with van der Waals surface area (Å²) in [5.41, 5.74) is 4.15. The van der Waals surface area contributed by atoms with Crippen LogP contribution < -0.4 is 20.1 Å². The molecule has 0 aliphatic carbocycles. The number of carbonyl (C=O) groups excluding carboxylic acids is 1. The van der Waals surface area contributed by atoms with E-state index in [1.807, 2.05) is 44.2 Å². The average Bonchev–Trinajstić information content (AvgIpc) is 2.77. The van der Waals surface area contributed by atoms with Crippen molar-refractivity contribution < 1.29 is 17.9 Å². The van der Waals surface area contributed by atoms with Crippen LogP contribution in [0.1, 0.15) is 23.6 Å². The van der Waals surface area contributed by atoms with Gasteiger partial charge in [0.1, 0.15) is 5.75 Å². The maximum atomic E-state index is 12.7. The van der Waals surface area contributed by atoms with Gasteiger partial charge in [0.2, 0.25) is 0 Å². The van der Waals surface area contributed by atoms with Crippen molar-refractivity contribution in [2.24, 2.45) is 0 Å². The number of sulfonamides is 1. The van der Waals surface area contributed by atoms with E-state index in [0.29, 0.717) is 17.1 Å². The van der Waals surface area contributed by atoms with Gasteiger partial charge in [-0.15, -0.1) is 0 Å². The molecule has 34 heavy (non-hydrogen) atoms. The number of hydrogen-bond donors (Lipinski definition) is 3. The predicted octanol–water partition coefficient (Wildman–Crippen LogP) is 4.56. The van der Waals surface area contributed by atoms with Crippen LogP contribution in [0.3, 0.4) is 0 Å². The van der Waals surface area contributed by atoms with Crippen LogP contribution in [-0.4, -0.2) is 26.0 Å². The zero-order chi connectivity index (χ0) is 24.7. The van der Waals surface area contributed by atoms with Crippen molar-refractivity contribution in [1.29, 1.82) is 0 Å². The summed E-state index contributed by atoms with van der Waals surface area (Å²) in [6.45, 7) is 5.69. The first-order valence-corrected chi connectivity index (χ1v) is 12.6.